The molecule has 28 heavy (non-hydrogen) atoms. The van der Waals surface area contributed by atoms with Crippen LogP contribution in [-0.2, 0) is 22.7 Å². The number of aromatic nitrogens is 4. The largest absolute Gasteiger partial charge is 0.382 e. The monoisotopic (exact) mass is 378 g/mol. The Balaban J connectivity index is 1.35. The molecule has 3 heterocycles. The van der Waals surface area contributed by atoms with Gasteiger partial charge in [0.15, 0.2) is 5.82 Å². The molecule has 8 heteroatoms. The minimum absolute atomic E-state index is 0.260. The van der Waals surface area contributed by atoms with E-state index in [9.17, 15) is 4.79 Å². The molecule has 1 unspecified atom stereocenters. The van der Waals surface area contributed by atoms with E-state index in [0.717, 1.165) is 29.1 Å². The number of benzene rings is 1. The van der Waals surface area contributed by atoms with E-state index in [4.69, 9.17) is 4.84 Å². The second-order valence-corrected chi connectivity index (χ2v) is 6.69. The summed E-state index contributed by atoms with van der Waals surface area (Å²) in [5.74, 6) is 0.234. The highest BCUT2D eigenvalue weighted by Gasteiger charge is 2.30. The molecule has 0 bridgehead atoms. The summed E-state index contributed by atoms with van der Waals surface area (Å²) in [5, 5.41) is 15.7. The first kappa shape index (κ1) is 18.0. The molecular weight excluding hydrogens is 356 g/mol. The van der Waals surface area contributed by atoms with Crippen LogP contribution >= 0.6 is 0 Å². The topological polar surface area (TPSA) is 86.3 Å². The minimum atomic E-state index is -0.668. The molecule has 0 fully saturated rings. The zero-order valence-corrected chi connectivity index (χ0v) is 15.9. The number of hydrogen-bond acceptors (Lipinski definition) is 5. The lowest BCUT2D eigenvalue weighted by Crippen LogP contribution is -2.28. The summed E-state index contributed by atoms with van der Waals surface area (Å²) < 4.78 is 3.63. The van der Waals surface area contributed by atoms with Gasteiger partial charge in [0.25, 0.3) is 5.91 Å². The normalized spacial score (nSPS) is 15.9. The number of rotatable bonds is 6. The SMILES string of the molecule is CCn1cc(C2=NOC(C(=O)Nc3ccn(Cc4ccccc4)n3)C2)c(C)n1. The van der Waals surface area contributed by atoms with E-state index >= 15 is 0 Å². The van der Waals surface area contributed by atoms with Crippen molar-refractivity contribution >= 4 is 17.4 Å². The van der Waals surface area contributed by atoms with Gasteiger partial charge in [-0.3, -0.25) is 14.2 Å². The fourth-order valence-electron chi connectivity index (χ4n) is 3.13. The molecule has 0 spiro atoms. The summed E-state index contributed by atoms with van der Waals surface area (Å²) in [6.07, 6.45) is 3.51. The number of amides is 1. The van der Waals surface area contributed by atoms with Crippen molar-refractivity contribution in [3.05, 3.63) is 65.6 Å². The van der Waals surface area contributed by atoms with E-state index in [1.165, 1.54) is 0 Å². The Morgan fingerprint density at radius 2 is 2.04 bits per heavy atom. The molecule has 1 aliphatic heterocycles. The number of aryl methyl sites for hydroxylation is 2. The van der Waals surface area contributed by atoms with Gasteiger partial charge >= 0.3 is 0 Å². The molecule has 1 N–H and O–H groups in total. The highest BCUT2D eigenvalue weighted by molar-refractivity contribution is 6.06. The maximum atomic E-state index is 12.5. The van der Waals surface area contributed by atoms with Crippen LogP contribution in [0.2, 0.25) is 0 Å². The van der Waals surface area contributed by atoms with Gasteiger partial charge in [0.2, 0.25) is 6.10 Å². The van der Waals surface area contributed by atoms with Gasteiger partial charge in [0.05, 0.1) is 18.0 Å². The number of oxime groups is 1. The van der Waals surface area contributed by atoms with Gasteiger partial charge in [0, 0.05) is 37.0 Å². The third kappa shape index (κ3) is 3.80. The van der Waals surface area contributed by atoms with Gasteiger partial charge in [-0.2, -0.15) is 10.2 Å². The van der Waals surface area contributed by atoms with Crippen molar-refractivity contribution in [2.75, 3.05) is 5.32 Å². The molecule has 0 radical (unpaired) electrons. The molecule has 1 atom stereocenters. The number of nitrogens with one attached hydrogen (secondary N) is 1. The van der Waals surface area contributed by atoms with Crippen LogP contribution in [0.15, 0.2) is 53.9 Å². The number of carbonyl (C=O) groups is 1. The molecule has 2 aromatic heterocycles. The molecule has 144 valence electrons. The molecular formula is C20H22N6O2. The summed E-state index contributed by atoms with van der Waals surface area (Å²) >= 11 is 0. The zero-order valence-electron chi connectivity index (χ0n) is 15.9. The van der Waals surface area contributed by atoms with Crippen LogP contribution in [-0.4, -0.2) is 37.3 Å². The average molecular weight is 378 g/mol. The second kappa shape index (κ2) is 7.67. The molecule has 8 nitrogen and oxygen atoms in total. The van der Waals surface area contributed by atoms with Gasteiger partial charge in [-0.25, -0.2) is 0 Å². The van der Waals surface area contributed by atoms with E-state index in [1.807, 2.05) is 61.3 Å². The fourth-order valence-corrected chi connectivity index (χ4v) is 3.13. The summed E-state index contributed by atoms with van der Waals surface area (Å²) in [7, 11) is 0. The third-order valence-electron chi connectivity index (χ3n) is 4.62. The van der Waals surface area contributed by atoms with E-state index in [0.29, 0.717) is 18.8 Å². The number of hydrogen-bond donors (Lipinski definition) is 1. The van der Waals surface area contributed by atoms with E-state index in [-0.39, 0.29) is 5.91 Å². The first-order chi connectivity index (χ1) is 13.6. The number of anilines is 1. The zero-order chi connectivity index (χ0) is 19.5. The van der Waals surface area contributed by atoms with Crippen LogP contribution in [0.25, 0.3) is 0 Å². The van der Waals surface area contributed by atoms with E-state index < -0.39 is 6.10 Å². The van der Waals surface area contributed by atoms with Crippen molar-refractivity contribution in [2.45, 2.75) is 39.5 Å². The van der Waals surface area contributed by atoms with Gasteiger partial charge in [0.1, 0.15) is 0 Å². The first-order valence-electron chi connectivity index (χ1n) is 9.27. The third-order valence-corrected chi connectivity index (χ3v) is 4.62. The van der Waals surface area contributed by atoms with Crippen LogP contribution in [0.1, 0.15) is 30.2 Å². The average Bonchev–Trinajstić information content (AvgIpc) is 3.42. The van der Waals surface area contributed by atoms with Crippen molar-refractivity contribution < 1.29 is 9.63 Å². The van der Waals surface area contributed by atoms with Crippen molar-refractivity contribution in [2.24, 2.45) is 5.16 Å². The Hall–Kier alpha value is -3.42. The predicted molar refractivity (Wildman–Crippen MR) is 105 cm³/mol. The maximum Gasteiger partial charge on any atom is 0.269 e. The predicted octanol–water partition coefficient (Wildman–Crippen LogP) is 2.59. The first-order valence-corrected chi connectivity index (χ1v) is 9.27. The Kier molecular flexibility index (Phi) is 4.92. The lowest BCUT2D eigenvalue weighted by Gasteiger charge is -2.07. The van der Waals surface area contributed by atoms with Crippen LogP contribution in [0.4, 0.5) is 5.82 Å². The van der Waals surface area contributed by atoms with Gasteiger partial charge in [-0.05, 0) is 19.4 Å². The van der Waals surface area contributed by atoms with Crippen molar-refractivity contribution in [1.29, 1.82) is 0 Å². The Morgan fingerprint density at radius 3 is 2.79 bits per heavy atom. The standard InChI is InChI=1S/C20H22N6O2/c1-3-25-13-16(14(2)22-25)17-11-18(28-24-17)20(27)21-19-9-10-26(23-19)12-15-7-5-4-6-8-15/h4-10,13,18H,3,11-12H2,1-2H3,(H,21,23,27). The van der Waals surface area contributed by atoms with E-state index in [1.54, 1.807) is 10.7 Å². The van der Waals surface area contributed by atoms with E-state index in [2.05, 4.69) is 20.7 Å². The Bertz CT molecular complexity index is 1000. The molecule has 0 saturated carbocycles. The quantitative estimate of drug-likeness (QED) is 0.714. The maximum absolute atomic E-state index is 12.5. The highest BCUT2D eigenvalue weighted by atomic mass is 16.6. The molecule has 1 aliphatic rings. The van der Waals surface area contributed by atoms with Gasteiger partial charge < -0.3 is 10.2 Å². The summed E-state index contributed by atoms with van der Waals surface area (Å²) in [6.45, 7) is 5.38. The van der Waals surface area contributed by atoms with Crippen molar-refractivity contribution in [1.82, 2.24) is 19.6 Å². The summed E-state index contributed by atoms with van der Waals surface area (Å²) in [5.41, 5.74) is 3.68. The molecule has 4 rings (SSSR count). The van der Waals surface area contributed by atoms with Crippen molar-refractivity contribution in [3.8, 4) is 0 Å². The van der Waals surface area contributed by atoms with Crippen molar-refractivity contribution in [3.63, 3.8) is 0 Å². The molecule has 3 aromatic rings. The Morgan fingerprint density at radius 1 is 1.21 bits per heavy atom. The lowest BCUT2D eigenvalue weighted by atomic mass is 10.1. The number of carbonyl (C=O) groups excluding carboxylic acids is 1. The smallest absolute Gasteiger partial charge is 0.269 e. The van der Waals surface area contributed by atoms with Crippen LogP contribution in [0.5, 0.6) is 0 Å². The van der Waals surface area contributed by atoms with Gasteiger partial charge in [-0.15, -0.1) is 0 Å². The Labute approximate surface area is 162 Å². The lowest BCUT2D eigenvalue weighted by molar-refractivity contribution is -0.125. The minimum Gasteiger partial charge on any atom is -0.382 e. The molecule has 0 saturated heterocycles. The number of nitrogens with zero attached hydrogens (tertiary/aromatic N) is 5. The second-order valence-electron chi connectivity index (χ2n) is 6.69. The summed E-state index contributed by atoms with van der Waals surface area (Å²) in [4.78, 5) is 17.9. The van der Waals surface area contributed by atoms with Gasteiger partial charge in [-0.1, -0.05) is 35.5 Å². The van der Waals surface area contributed by atoms with Crippen LogP contribution in [0.3, 0.4) is 0 Å². The molecule has 0 aliphatic carbocycles. The molecule has 1 aromatic carbocycles. The van der Waals surface area contributed by atoms with Crippen LogP contribution < -0.4 is 5.32 Å². The highest BCUT2D eigenvalue weighted by Crippen LogP contribution is 2.20. The fraction of sp³-hybridized carbons (Fsp3) is 0.300. The summed E-state index contributed by atoms with van der Waals surface area (Å²) in [6, 6.07) is 11.8. The molecule has 1 amide bonds. The van der Waals surface area contributed by atoms with Crippen LogP contribution in [0, 0.1) is 6.92 Å².